The Balaban J connectivity index is 2.23. The molecular formula is C14H15BrF3NO2. The third kappa shape index (κ3) is 3.77. The molecule has 0 N–H and O–H groups in total. The summed E-state index contributed by atoms with van der Waals surface area (Å²) in [6.07, 6.45) is -3.79. The highest BCUT2D eigenvalue weighted by atomic mass is 79.9. The van der Waals surface area contributed by atoms with Crippen LogP contribution in [-0.4, -0.2) is 36.6 Å². The summed E-state index contributed by atoms with van der Waals surface area (Å²) in [5, 5.41) is 0. The minimum absolute atomic E-state index is 0.0438. The lowest BCUT2D eigenvalue weighted by atomic mass is 10.1. The second-order valence-corrected chi connectivity index (χ2v) is 5.70. The van der Waals surface area contributed by atoms with Crippen molar-refractivity contribution >= 4 is 21.8 Å². The van der Waals surface area contributed by atoms with Gasteiger partial charge in [-0.05, 0) is 24.6 Å². The zero-order valence-corrected chi connectivity index (χ0v) is 13.0. The molecule has 3 nitrogen and oxygen atoms in total. The largest absolute Gasteiger partial charge is 0.417 e. The maximum atomic E-state index is 12.9. The number of halogens is 4. The third-order valence-electron chi connectivity index (χ3n) is 3.40. The van der Waals surface area contributed by atoms with Crippen molar-refractivity contribution in [1.29, 1.82) is 0 Å². The van der Waals surface area contributed by atoms with Gasteiger partial charge >= 0.3 is 6.18 Å². The Morgan fingerprint density at radius 1 is 1.48 bits per heavy atom. The first-order valence-corrected chi connectivity index (χ1v) is 7.40. The summed E-state index contributed by atoms with van der Waals surface area (Å²) in [5.41, 5.74) is -0.795. The lowest BCUT2D eigenvalue weighted by Gasteiger charge is -2.32. The summed E-state index contributed by atoms with van der Waals surface area (Å²) in [6, 6.07) is 3.55. The van der Waals surface area contributed by atoms with E-state index in [1.54, 1.807) is 4.90 Å². The molecule has 7 heteroatoms. The summed E-state index contributed by atoms with van der Waals surface area (Å²) in [6.45, 7) is 3.16. The fraction of sp³-hybridized carbons (Fsp3) is 0.500. The van der Waals surface area contributed by atoms with Gasteiger partial charge in [0.05, 0.1) is 18.3 Å². The molecule has 0 aliphatic carbocycles. The van der Waals surface area contributed by atoms with Crippen LogP contribution in [0.1, 0.15) is 29.3 Å². The highest BCUT2D eigenvalue weighted by Gasteiger charge is 2.34. The Kier molecular flexibility index (Phi) is 4.93. The van der Waals surface area contributed by atoms with E-state index in [9.17, 15) is 18.0 Å². The average Bonchev–Trinajstić information content (AvgIpc) is 2.46. The highest BCUT2D eigenvalue weighted by molar-refractivity contribution is 9.10. The quantitative estimate of drug-likeness (QED) is 0.799. The van der Waals surface area contributed by atoms with Crippen molar-refractivity contribution in [2.75, 3.05) is 19.7 Å². The molecule has 1 atom stereocenters. The fourth-order valence-corrected chi connectivity index (χ4v) is 2.68. The first kappa shape index (κ1) is 16.3. The molecule has 0 spiro atoms. The van der Waals surface area contributed by atoms with E-state index in [1.807, 2.05) is 6.92 Å². The molecule has 1 aromatic rings. The van der Waals surface area contributed by atoms with Crippen LogP contribution in [0.25, 0.3) is 0 Å². The van der Waals surface area contributed by atoms with Crippen molar-refractivity contribution in [1.82, 2.24) is 4.90 Å². The second kappa shape index (κ2) is 6.36. The SMILES string of the molecule is CCC1CN(C(=O)c2ccc(Br)c(C(F)(F)F)c2)CCO1. The van der Waals surface area contributed by atoms with Crippen molar-refractivity contribution < 1.29 is 22.7 Å². The van der Waals surface area contributed by atoms with Crippen LogP contribution in [0, 0.1) is 0 Å². The number of rotatable bonds is 2. The fourth-order valence-electron chi connectivity index (χ4n) is 2.21. The van der Waals surface area contributed by atoms with Gasteiger partial charge in [-0.25, -0.2) is 0 Å². The smallest absolute Gasteiger partial charge is 0.375 e. The minimum Gasteiger partial charge on any atom is -0.375 e. The molecule has 1 aliphatic heterocycles. The first-order chi connectivity index (χ1) is 9.82. The maximum Gasteiger partial charge on any atom is 0.417 e. The van der Waals surface area contributed by atoms with Crippen LogP contribution in [0.3, 0.4) is 0 Å². The van der Waals surface area contributed by atoms with E-state index in [0.29, 0.717) is 19.7 Å². The molecule has 1 heterocycles. The van der Waals surface area contributed by atoms with Gasteiger partial charge in [-0.3, -0.25) is 4.79 Å². The summed E-state index contributed by atoms with van der Waals surface area (Å²) in [4.78, 5) is 13.9. The normalized spacial score (nSPS) is 19.7. The summed E-state index contributed by atoms with van der Waals surface area (Å²) < 4.78 is 44.0. The van der Waals surface area contributed by atoms with Gasteiger partial charge in [-0.15, -0.1) is 0 Å². The zero-order valence-electron chi connectivity index (χ0n) is 11.4. The van der Waals surface area contributed by atoms with E-state index in [4.69, 9.17) is 4.74 Å². The van der Waals surface area contributed by atoms with Crippen molar-refractivity contribution in [3.63, 3.8) is 0 Å². The van der Waals surface area contributed by atoms with Crippen LogP contribution in [0.5, 0.6) is 0 Å². The van der Waals surface area contributed by atoms with E-state index >= 15 is 0 Å². The minimum atomic E-state index is -4.49. The van der Waals surface area contributed by atoms with Gasteiger partial charge in [0, 0.05) is 23.1 Å². The monoisotopic (exact) mass is 365 g/mol. The van der Waals surface area contributed by atoms with E-state index in [-0.39, 0.29) is 16.1 Å². The van der Waals surface area contributed by atoms with Crippen LogP contribution < -0.4 is 0 Å². The Hall–Kier alpha value is -1.08. The van der Waals surface area contributed by atoms with Crippen LogP contribution in [0.4, 0.5) is 13.2 Å². The van der Waals surface area contributed by atoms with Crippen molar-refractivity contribution in [2.24, 2.45) is 0 Å². The Morgan fingerprint density at radius 3 is 2.81 bits per heavy atom. The molecule has 0 radical (unpaired) electrons. The zero-order chi connectivity index (χ0) is 15.6. The molecule has 1 aromatic carbocycles. The molecule has 116 valence electrons. The molecule has 0 aromatic heterocycles. The van der Waals surface area contributed by atoms with Gasteiger partial charge < -0.3 is 9.64 Å². The number of morpholine rings is 1. The van der Waals surface area contributed by atoms with Crippen molar-refractivity contribution in [3.05, 3.63) is 33.8 Å². The highest BCUT2D eigenvalue weighted by Crippen LogP contribution is 2.35. The summed E-state index contributed by atoms with van der Waals surface area (Å²) >= 11 is 2.87. The van der Waals surface area contributed by atoms with E-state index < -0.39 is 17.6 Å². The van der Waals surface area contributed by atoms with E-state index in [2.05, 4.69) is 15.9 Å². The number of hydrogen-bond acceptors (Lipinski definition) is 2. The first-order valence-electron chi connectivity index (χ1n) is 6.60. The molecule has 1 aliphatic rings. The number of ether oxygens (including phenoxy) is 1. The van der Waals surface area contributed by atoms with Gasteiger partial charge in [0.15, 0.2) is 0 Å². The number of alkyl halides is 3. The Morgan fingerprint density at radius 2 is 2.19 bits per heavy atom. The lowest BCUT2D eigenvalue weighted by molar-refractivity contribution is -0.138. The summed E-state index contributed by atoms with van der Waals surface area (Å²) in [5.74, 6) is -0.394. The molecule has 1 saturated heterocycles. The van der Waals surface area contributed by atoms with Crippen molar-refractivity contribution in [2.45, 2.75) is 25.6 Å². The Labute approximate surface area is 129 Å². The molecule has 0 bridgehead atoms. The van der Waals surface area contributed by atoms with Gasteiger partial charge in [-0.1, -0.05) is 22.9 Å². The maximum absolute atomic E-state index is 12.9. The van der Waals surface area contributed by atoms with Gasteiger partial charge in [0.25, 0.3) is 5.91 Å². The molecular weight excluding hydrogens is 351 g/mol. The predicted octanol–water partition coefficient (Wildman–Crippen LogP) is 3.72. The number of hydrogen-bond donors (Lipinski definition) is 0. The van der Waals surface area contributed by atoms with Gasteiger partial charge in [-0.2, -0.15) is 13.2 Å². The van der Waals surface area contributed by atoms with Gasteiger partial charge in [0.2, 0.25) is 0 Å². The topological polar surface area (TPSA) is 29.5 Å². The molecule has 1 unspecified atom stereocenters. The number of carbonyl (C=O) groups is 1. The molecule has 1 amide bonds. The second-order valence-electron chi connectivity index (χ2n) is 4.84. The number of carbonyl (C=O) groups excluding carboxylic acids is 1. The van der Waals surface area contributed by atoms with E-state index in [0.717, 1.165) is 12.5 Å². The molecule has 0 saturated carbocycles. The molecule has 1 fully saturated rings. The van der Waals surface area contributed by atoms with Crippen LogP contribution in [0.2, 0.25) is 0 Å². The third-order valence-corrected chi connectivity index (χ3v) is 4.09. The molecule has 2 rings (SSSR count). The van der Waals surface area contributed by atoms with Crippen LogP contribution in [0.15, 0.2) is 22.7 Å². The summed E-state index contributed by atoms with van der Waals surface area (Å²) in [7, 11) is 0. The number of benzene rings is 1. The van der Waals surface area contributed by atoms with Gasteiger partial charge in [0.1, 0.15) is 0 Å². The lowest BCUT2D eigenvalue weighted by Crippen LogP contribution is -2.45. The standard InChI is InChI=1S/C14H15BrF3NO2/c1-2-10-8-19(5-6-21-10)13(20)9-3-4-12(15)11(7-9)14(16,17)18/h3-4,7,10H,2,5-6,8H2,1H3. The predicted molar refractivity (Wildman–Crippen MR) is 75.1 cm³/mol. The van der Waals surface area contributed by atoms with Crippen LogP contribution in [-0.2, 0) is 10.9 Å². The number of amides is 1. The Bertz CT molecular complexity index is 533. The van der Waals surface area contributed by atoms with E-state index in [1.165, 1.54) is 12.1 Å². The molecule has 21 heavy (non-hydrogen) atoms. The van der Waals surface area contributed by atoms with Crippen LogP contribution >= 0.6 is 15.9 Å². The number of nitrogens with zero attached hydrogens (tertiary/aromatic N) is 1. The van der Waals surface area contributed by atoms with Crippen molar-refractivity contribution in [3.8, 4) is 0 Å². The average molecular weight is 366 g/mol.